The number of nitrogens with one attached hydrogen (secondary N) is 2. The van der Waals surface area contributed by atoms with Gasteiger partial charge in [-0.2, -0.15) is 13.2 Å². The standard InChI is InChI=1S/C9H12F3N3O2S/c1-13-18(16,17)5-4-14-8-3-2-7(6-15-8)9(10,11)12/h2-3,6,13H,4-5H2,1H3,(H,14,15). The molecule has 0 saturated carbocycles. The Bertz CT molecular complexity index is 485. The van der Waals surface area contributed by atoms with Crippen LogP contribution in [-0.4, -0.2) is 32.7 Å². The van der Waals surface area contributed by atoms with Gasteiger partial charge >= 0.3 is 6.18 Å². The Labute approximate surface area is 102 Å². The van der Waals surface area contributed by atoms with Gasteiger partial charge in [0, 0.05) is 12.7 Å². The highest BCUT2D eigenvalue weighted by molar-refractivity contribution is 7.89. The van der Waals surface area contributed by atoms with Crippen LogP contribution in [0.3, 0.4) is 0 Å². The quantitative estimate of drug-likeness (QED) is 0.847. The van der Waals surface area contributed by atoms with Crippen LogP contribution in [0.2, 0.25) is 0 Å². The van der Waals surface area contributed by atoms with Gasteiger partial charge in [-0.1, -0.05) is 0 Å². The van der Waals surface area contributed by atoms with E-state index in [1.165, 1.54) is 7.05 Å². The molecule has 0 atom stereocenters. The molecule has 0 saturated heterocycles. The lowest BCUT2D eigenvalue weighted by Crippen LogP contribution is -2.26. The molecule has 0 aromatic carbocycles. The van der Waals surface area contributed by atoms with Crippen molar-refractivity contribution >= 4 is 15.8 Å². The predicted octanol–water partition coefficient (Wildman–Crippen LogP) is 1.06. The van der Waals surface area contributed by atoms with E-state index in [0.29, 0.717) is 6.20 Å². The Balaban J connectivity index is 2.55. The third-order valence-electron chi connectivity index (χ3n) is 2.08. The van der Waals surface area contributed by atoms with Crippen LogP contribution in [0, 0.1) is 0 Å². The van der Waals surface area contributed by atoms with Crippen LogP contribution in [-0.2, 0) is 16.2 Å². The summed E-state index contributed by atoms with van der Waals surface area (Å²) in [7, 11) is -2.06. The summed E-state index contributed by atoms with van der Waals surface area (Å²) in [6, 6.07) is 2.02. The summed E-state index contributed by atoms with van der Waals surface area (Å²) < 4.78 is 60.9. The maximum absolute atomic E-state index is 12.2. The molecule has 0 bridgehead atoms. The van der Waals surface area contributed by atoms with Crippen molar-refractivity contribution in [3.8, 4) is 0 Å². The number of aromatic nitrogens is 1. The Morgan fingerprint density at radius 2 is 2.00 bits per heavy atom. The van der Waals surface area contributed by atoms with Gasteiger partial charge in [-0.25, -0.2) is 18.1 Å². The SMILES string of the molecule is CNS(=O)(=O)CCNc1ccc(C(F)(F)F)cn1. The first kappa shape index (κ1) is 14.7. The molecule has 18 heavy (non-hydrogen) atoms. The van der Waals surface area contributed by atoms with E-state index in [2.05, 4.69) is 15.0 Å². The molecule has 1 aromatic rings. The van der Waals surface area contributed by atoms with Crippen molar-refractivity contribution in [2.45, 2.75) is 6.18 Å². The lowest BCUT2D eigenvalue weighted by molar-refractivity contribution is -0.137. The van der Waals surface area contributed by atoms with Gasteiger partial charge in [-0.15, -0.1) is 0 Å². The average Bonchev–Trinajstić information content (AvgIpc) is 2.28. The maximum atomic E-state index is 12.2. The predicted molar refractivity (Wildman–Crippen MR) is 60.6 cm³/mol. The van der Waals surface area contributed by atoms with E-state index in [1.807, 2.05) is 0 Å². The molecule has 0 radical (unpaired) electrons. The molecular formula is C9H12F3N3O2S. The van der Waals surface area contributed by atoms with Gasteiger partial charge in [0.15, 0.2) is 0 Å². The topological polar surface area (TPSA) is 71.1 Å². The Kier molecular flexibility index (Phi) is 4.52. The van der Waals surface area contributed by atoms with Crippen LogP contribution in [0.5, 0.6) is 0 Å². The van der Waals surface area contributed by atoms with E-state index in [9.17, 15) is 21.6 Å². The summed E-state index contributed by atoms with van der Waals surface area (Å²) in [5.41, 5.74) is -0.851. The average molecular weight is 283 g/mol. The van der Waals surface area contributed by atoms with Gasteiger partial charge in [-0.05, 0) is 19.2 Å². The smallest absolute Gasteiger partial charge is 0.369 e. The fourth-order valence-electron chi connectivity index (χ4n) is 1.08. The first-order chi connectivity index (χ1) is 8.24. The van der Waals surface area contributed by atoms with E-state index >= 15 is 0 Å². The minimum atomic E-state index is -4.43. The lowest BCUT2D eigenvalue weighted by Gasteiger charge is -2.08. The number of pyridine rings is 1. The van der Waals surface area contributed by atoms with Crippen LogP contribution in [0.25, 0.3) is 0 Å². The van der Waals surface area contributed by atoms with Crippen molar-refractivity contribution < 1.29 is 21.6 Å². The molecule has 0 unspecified atom stereocenters. The second kappa shape index (κ2) is 5.53. The first-order valence-electron chi connectivity index (χ1n) is 4.93. The molecule has 2 N–H and O–H groups in total. The van der Waals surface area contributed by atoms with E-state index in [0.717, 1.165) is 12.1 Å². The van der Waals surface area contributed by atoms with Crippen LogP contribution in [0.1, 0.15) is 5.56 Å². The Hall–Kier alpha value is -1.35. The number of rotatable bonds is 5. The minimum Gasteiger partial charge on any atom is -0.369 e. The van der Waals surface area contributed by atoms with Gasteiger partial charge < -0.3 is 5.32 Å². The molecule has 0 aliphatic carbocycles. The third kappa shape index (κ3) is 4.49. The summed E-state index contributed by atoms with van der Waals surface area (Å²) in [5.74, 6) is 0.000878. The molecule has 5 nitrogen and oxygen atoms in total. The van der Waals surface area contributed by atoms with Crippen LogP contribution >= 0.6 is 0 Å². The first-order valence-corrected chi connectivity index (χ1v) is 6.58. The van der Waals surface area contributed by atoms with Gasteiger partial charge in [0.25, 0.3) is 0 Å². The maximum Gasteiger partial charge on any atom is 0.417 e. The zero-order chi connectivity index (χ0) is 13.8. The lowest BCUT2D eigenvalue weighted by atomic mass is 10.3. The van der Waals surface area contributed by atoms with E-state index in [-0.39, 0.29) is 18.1 Å². The number of halogens is 3. The number of alkyl halides is 3. The molecule has 0 fully saturated rings. The number of anilines is 1. The fourth-order valence-corrected chi connectivity index (χ4v) is 1.66. The number of hydrogen-bond donors (Lipinski definition) is 2. The van der Waals surface area contributed by atoms with Crippen LogP contribution < -0.4 is 10.0 Å². The van der Waals surface area contributed by atoms with E-state index in [1.54, 1.807) is 0 Å². The summed E-state index contributed by atoms with van der Waals surface area (Å²) in [6.45, 7) is 0.0571. The molecule has 0 spiro atoms. The van der Waals surface area contributed by atoms with Crippen molar-refractivity contribution in [2.24, 2.45) is 0 Å². The molecule has 9 heteroatoms. The normalized spacial score (nSPS) is 12.4. The van der Waals surface area contributed by atoms with Gasteiger partial charge in [0.1, 0.15) is 5.82 Å². The fraction of sp³-hybridized carbons (Fsp3) is 0.444. The number of sulfonamides is 1. The largest absolute Gasteiger partial charge is 0.417 e. The molecular weight excluding hydrogens is 271 g/mol. The second-order valence-electron chi connectivity index (χ2n) is 3.38. The second-order valence-corrected chi connectivity index (χ2v) is 5.43. The highest BCUT2D eigenvalue weighted by atomic mass is 32.2. The molecule has 0 aliphatic rings. The monoisotopic (exact) mass is 283 g/mol. The Morgan fingerprint density at radius 3 is 2.44 bits per heavy atom. The highest BCUT2D eigenvalue weighted by Gasteiger charge is 2.30. The molecule has 0 aliphatic heterocycles. The van der Waals surface area contributed by atoms with Crippen LogP contribution in [0.15, 0.2) is 18.3 Å². The van der Waals surface area contributed by atoms with E-state index < -0.39 is 21.8 Å². The summed E-state index contributed by atoms with van der Waals surface area (Å²) in [4.78, 5) is 3.54. The molecule has 1 heterocycles. The minimum absolute atomic E-state index is 0.0571. The van der Waals surface area contributed by atoms with Gasteiger partial charge in [-0.3, -0.25) is 0 Å². The van der Waals surface area contributed by atoms with Crippen molar-refractivity contribution in [1.82, 2.24) is 9.71 Å². The number of hydrogen-bond acceptors (Lipinski definition) is 4. The number of nitrogens with zero attached hydrogens (tertiary/aromatic N) is 1. The van der Waals surface area contributed by atoms with Crippen molar-refractivity contribution in [3.63, 3.8) is 0 Å². The molecule has 1 rings (SSSR count). The van der Waals surface area contributed by atoms with Crippen molar-refractivity contribution in [2.75, 3.05) is 24.7 Å². The van der Waals surface area contributed by atoms with Crippen molar-refractivity contribution in [3.05, 3.63) is 23.9 Å². The van der Waals surface area contributed by atoms with Crippen LogP contribution in [0.4, 0.5) is 19.0 Å². The Morgan fingerprint density at radius 1 is 1.33 bits per heavy atom. The van der Waals surface area contributed by atoms with Crippen molar-refractivity contribution in [1.29, 1.82) is 0 Å². The summed E-state index contributed by atoms with van der Waals surface area (Å²) in [5, 5.41) is 2.62. The summed E-state index contributed by atoms with van der Waals surface area (Å²) in [6.07, 6.45) is -3.74. The van der Waals surface area contributed by atoms with Gasteiger partial charge in [0.05, 0.1) is 11.3 Å². The zero-order valence-electron chi connectivity index (χ0n) is 9.45. The highest BCUT2D eigenvalue weighted by Crippen LogP contribution is 2.28. The molecule has 102 valence electrons. The molecule has 0 amide bonds. The van der Waals surface area contributed by atoms with E-state index in [4.69, 9.17) is 0 Å². The van der Waals surface area contributed by atoms with Gasteiger partial charge in [0.2, 0.25) is 10.0 Å². The third-order valence-corrected chi connectivity index (χ3v) is 3.44. The zero-order valence-corrected chi connectivity index (χ0v) is 10.3. The summed E-state index contributed by atoms with van der Waals surface area (Å²) >= 11 is 0. The molecule has 1 aromatic heterocycles.